The Balaban J connectivity index is 2.09. The molecule has 2 saturated heterocycles. The molecule has 1 spiro atoms. The highest BCUT2D eigenvalue weighted by molar-refractivity contribution is 7.80. The van der Waals surface area contributed by atoms with E-state index in [2.05, 4.69) is 24.1 Å². The molecule has 0 atom stereocenters. The standard InChI is InChI=1S/C12H20N4O2S/c1-8(2)15-5-3-12(4-6-15)10(17)16(7-9(13)19)11(18)14-12/h8H,3-7H2,1-2H3,(H2,13,19)(H,14,18). The van der Waals surface area contributed by atoms with Crippen LogP contribution < -0.4 is 11.1 Å². The number of rotatable bonds is 3. The highest BCUT2D eigenvalue weighted by Gasteiger charge is 2.52. The third kappa shape index (κ3) is 2.57. The van der Waals surface area contributed by atoms with Gasteiger partial charge in [-0.2, -0.15) is 0 Å². The Morgan fingerprint density at radius 1 is 1.42 bits per heavy atom. The number of imide groups is 1. The molecule has 2 fully saturated rings. The highest BCUT2D eigenvalue weighted by atomic mass is 32.1. The Labute approximate surface area is 118 Å². The molecule has 0 aromatic heterocycles. The lowest BCUT2D eigenvalue weighted by Gasteiger charge is -2.39. The fraction of sp³-hybridized carbons (Fsp3) is 0.750. The zero-order valence-electron chi connectivity index (χ0n) is 11.3. The maximum Gasteiger partial charge on any atom is 0.325 e. The second kappa shape index (κ2) is 5.05. The average molecular weight is 284 g/mol. The summed E-state index contributed by atoms with van der Waals surface area (Å²) in [6.07, 6.45) is 1.28. The van der Waals surface area contributed by atoms with Gasteiger partial charge in [0, 0.05) is 19.1 Å². The van der Waals surface area contributed by atoms with Crippen LogP contribution in [0.5, 0.6) is 0 Å². The van der Waals surface area contributed by atoms with Crippen LogP contribution in [0.25, 0.3) is 0 Å². The van der Waals surface area contributed by atoms with Crippen LogP contribution in [-0.4, -0.2) is 57.9 Å². The van der Waals surface area contributed by atoms with Gasteiger partial charge in [0.25, 0.3) is 5.91 Å². The van der Waals surface area contributed by atoms with Gasteiger partial charge in [0.1, 0.15) is 5.54 Å². The van der Waals surface area contributed by atoms with Gasteiger partial charge in [-0.05, 0) is 26.7 Å². The number of carbonyl (C=O) groups is 2. The summed E-state index contributed by atoms with van der Waals surface area (Å²) in [5, 5.41) is 2.83. The predicted octanol–water partition coefficient (Wildman–Crippen LogP) is 0.0673. The van der Waals surface area contributed by atoms with Gasteiger partial charge in [0.05, 0.1) is 11.5 Å². The molecule has 0 bridgehead atoms. The number of hydrogen-bond donors (Lipinski definition) is 2. The number of amides is 3. The first kappa shape index (κ1) is 14.2. The zero-order chi connectivity index (χ0) is 14.2. The lowest BCUT2D eigenvalue weighted by atomic mass is 9.87. The Bertz CT molecular complexity index is 416. The lowest BCUT2D eigenvalue weighted by molar-refractivity contribution is -0.132. The smallest absolute Gasteiger partial charge is 0.325 e. The van der Waals surface area contributed by atoms with E-state index in [9.17, 15) is 9.59 Å². The van der Waals surface area contributed by atoms with E-state index >= 15 is 0 Å². The van der Waals surface area contributed by atoms with E-state index < -0.39 is 5.54 Å². The Morgan fingerprint density at radius 2 is 2.00 bits per heavy atom. The number of hydrogen-bond acceptors (Lipinski definition) is 4. The van der Waals surface area contributed by atoms with E-state index in [4.69, 9.17) is 18.0 Å². The van der Waals surface area contributed by atoms with Crippen molar-refractivity contribution in [2.75, 3.05) is 19.6 Å². The molecule has 3 amide bonds. The number of likely N-dealkylation sites (tertiary alicyclic amines) is 1. The maximum absolute atomic E-state index is 12.4. The van der Waals surface area contributed by atoms with Gasteiger partial charge in [0.2, 0.25) is 0 Å². The summed E-state index contributed by atoms with van der Waals surface area (Å²) in [6.45, 7) is 5.91. The minimum atomic E-state index is -0.743. The van der Waals surface area contributed by atoms with Crippen LogP contribution in [-0.2, 0) is 4.79 Å². The van der Waals surface area contributed by atoms with Crippen LogP contribution in [0.4, 0.5) is 4.79 Å². The van der Waals surface area contributed by atoms with Gasteiger partial charge in [-0.25, -0.2) is 4.79 Å². The van der Waals surface area contributed by atoms with Crippen molar-refractivity contribution in [2.24, 2.45) is 5.73 Å². The van der Waals surface area contributed by atoms with Crippen molar-refractivity contribution in [2.45, 2.75) is 38.3 Å². The molecule has 2 aliphatic rings. The number of nitrogens with two attached hydrogens (primary N) is 1. The van der Waals surface area contributed by atoms with E-state index in [1.54, 1.807) is 0 Å². The molecule has 7 heteroatoms. The van der Waals surface area contributed by atoms with Crippen LogP contribution >= 0.6 is 12.2 Å². The number of carbonyl (C=O) groups excluding carboxylic acids is 2. The molecule has 2 heterocycles. The molecular weight excluding hydrogens is 264 g/mol. The lowest BCUT2D eigenvalue weighted by Crippen LogP contribution is -2.56. The largest absolute Gasteiger partial charge is 0.392 e. The molecule has 106 valence electrons. The molecule has 2 aliphatic heterocycles. The molecular formula is C12H20N4O2S. The number of nitrogens with one attached hydrogen (secondary N) is 1. The Hall–Kier alpha value is -1.21. The highest BCUT2D eigenvalue weighted by Crippen LogP contribution is 2.29. The van der Waals surface area contributed by atoms with Crippen molar-refractivity contribution in [3.63, 3.8) is 0 Å². The zero-order valence-corrected chi connectivity index (χ0v) is 12.1. The fourth-order valence-electron chi connectivity index (χ4n) is 2.74. The number of urea groups is 1. The monoisotopic (exact) mass is 284 g/mol. The Morgan fingerprint density at radius 3 is 2.47 bits per heavy atom. The van der Waals surface area contributed by atoms with Crippen molar-refractivity contribution in [3.05, 3.63) is 0 Å². The van der Waals surface area contributed by atoms with Crippen LogP contribution in [0, 0.1) is 0 Å². The SMILES string of the molecule is CC(C)N1CCC2(CC1)NC(=O)N(CC(N)=S)C2=O. The third-order valence-electron chi connectivity index (χ3n) is 3.94. The molecule has 3 N–H and O–H groups in total. The minimum absolute atomic E-state index is 0.0235. The summed E-state index contributed by atoms with van der Waals surface area (Å²) in [6, 6.07) is 0.0769. The molecule has 2 rings (SSSR count). The normalized spacial score (nSPS) is 23.2. The van der Waals surface area contributed by atoms with Crippen molar-refractivity contribution in [3.8, 4) is 0 Å². The van der Waals surface area contributed by atoms with Gasteiger partial charge in [0.15, 0.2) is 0 Å². The minimum Gasteiger partial charge on any atom is -0.392 e. The van der Waals surface area contributed by atoms with Gasteiger partial charge < -0.3 is 16.0 Å². The number of piperidine rings is 1. The van der Waals surface area contributed by atoms with Crippen molar-refractivity contribution >= 4 is 29.1 Å². The van der Waals surface area contributed by atoms with Crippen LogP contribution in [0.3, 0.4) is 0 Å². The predicted molar refractivity (Wildman–Crippen MR) is 75.7 cm³/mol. The van der Waals surface area contributed by atoms with Gasteiger partial charge in [-0.1, -0.05) is 12.2 Å². The van der Waals surface area contributed by atoms with Crippen LogP contribution in [0.15, 0.2) is 0 Å². The molecule has 6 nitrogen and oxygen atoms in total. The molecule has 19 heavy (non-hydrogen) atoms. The maximum atomic E-state index is 12.4. The van der Waals surface area contributed by atoms with E-state index in [0.717, 1.165) is 18.0 Å². The summed E-state index contributed by atoms with van der Waals surface area (Å²) < 4.78 is 0. The van der Waals surface area contributed by atoms with Gasteiger partial charge in [-0.15, -0.1) is 0 Å². The molecule has 0 aliphatic carbocycles. The van der Waals surface area contributed by atoms with Crippen LogP contribution in [0.1, 0.15) is 26.7 Å². The molecule has 0 saturated carbocycles. The first-order valence-corrected chi connectivity index (χ1v) is 6.93. The quantitative estimate of drug-likeness (QED) is 0.566. The summed E-state index contributed by atoms with van der Waals surface area (Å²) in [5.41, 5.74) is 4.68. The molecule has 0 unspecified atom stereocenters. The first-order valence-electron chi connectivity index (χ1n) is 6.52. The average Bonchev–Trinajstić information content (AvgIpc) is 2.54. The molecule has 0 aromatic carbocycles. The first-order chi connectivity index (χ1) is 8.85. The second-order valence-electron chi connectivity index (χ2n) is 5.50. The van der Waals surface area contributed by atoms with E-state index in [-0.39, 0.29) is 23.5 Å². The topological polar surface area (TPSA) is 78.7 Å². The molecule has 0 radical (unpaired) electrons. The second-order valence-corrected chi connectivity index (χ2v) is 6.02. The summed E-state index contributed by atoms with van der Waals surface area (Å²) in [5.74, 6) is -0.186. The van der Waals surface area contributed by atoms with E-state index in [1.807, 2.05) is 0 Å². The third-order valence-corrected chi connectivity index (χ3v) is 4.07. The molecule has 0 aromatic rings. The van der Waals surface area contributed by atoms with Gasteiger partial charge >= 0.3 is 6.03 Å². The van der Waals surface area contributed by atoms with E-state index in [0.29, 0.717) is 18.9 Å². The van der Waals surface area contributed by atoms with Crippen molar-refractivity contribution in [1.29, 1.82) is 0 Å². The fourth-order valence-corrected chi connectivity index (χ4v) is 2.87. The number of thiocarbonyl (C=S) groups is 1. The van der Waals surface area contributed by atoms with E-state index in [1.165, 1.54) is 0 Å². The summed E-state index contributed by atoms with van der Waals surface area (Å²) in [4.78, 5) is 27.9. The summed E-state index contributed by atoms with van der Waals surface area (Å²) in [7, 11) is 0. The number of nitrogens with zero attached hydrogens (tertiary/aromatic N) is 2. The summed E-state index contributed by atoms with van der Waals surface area (Å²) >= 11 is 4.78. The van der Waals surface area contributed by atoms with Gasteiger partial charge in [-0.3, -0.25) is 9.69 Å². The van der Waals surface area contributed by atoms with Crippen molar-refractivity contribution < 1.29 is 9.59 Å². The Kier molecular flexibility index (Phi) is 3.78. The van der Waals surface area contributed by atoms with Crippen LogP contribution in [0.2, 0.25) is 0 Å². The van der Waals surface area contributed by atoms with Crippen molar-refractivity contribution in [1.82, 2.24) is 15.1 Å².